The minimum atomic E-state index is 0.110. The second-order valence-corrected chi connectivity index (χ2v) is 3.81. The lowest BCUT2D eigenvalue weighted by Gasteiger charge is -2.14. The van der Waals surface area contributed by atoms with Crippen LogP contribution in [0.1, 0.15) is 37.4 Å². The number of hydrogen-bond acceptors (Lipinski definition) is 2. The highest BCUT2D eigenvalue weighted by Gasteiger charge is 2.07. The average molecular weight is 219 g/mol. The lowest BCUT2D eigenvalue weighted by Crippen LogP contribution is -2.09. The van der Waals surface area contributed by atoms with Gasteiger partial charge >= 0.3 is 0 Å². The summed E-state index contributed by atoms with van der Waals surface area (Å²) in [6, 6.07) is 6.29. The van der Waals surface area contributed by atoms with Gasteiger partial charge in [0.15, 0.2) is 0 Å². The van der Waals surface area contributed by atoms with Gasteiger partial charge in [0.2, 0.25) is 0 Å². The maximum absolute atomic E-state index is 6.02. The van der Waals surface area contributed by atoms with E-state index in [0.29, 0.717) is 6.61 Å². The molecule has 16 heavy (non-hydrogen) atoms. The van der Waals surface area contributed by atoms with Crippen LogP contribution in [-0.2, 0) is 6.42 Å². The van der Waals surface area contributed by atoms with E-state index in [9.17, 15) is 0 Å². The smallest absolute Gasteiger partial charge is 0.122 e. The molecule has 1 aromatic carbocycles. The molecule has 1 atom stereocenters. The monoisotopic (exact) mass is 219 g/mol. The predicted molar refractivity (Wildman–Crippen MR) is 68.7 cm³/mol. The van der Waals surface area contributed by atoms with Crippen LogP contribution in [0.15, 0.2) is 30.9 Å². The van der Waals surface area contributed by atoms with E-state index in [2.05, 4.69) is 19.6 Å². The van der Waals surface area contributed by atoms with Gasteiger partial charge in [-0.3, -0.25) is 0 Å². The van der Waals surface area contributed by atoms with Gasteiger partial charge in [0.25, 0.3) is 0 Å². The van der Waals surface area contributed by atoms with Crippen molar-refractivity contribution in [2.45, 2.75) is 32.7 Å². The Labute approximate surface area is 98.1 Å². The van der Waals surface area contributed by atoms with Crippen molar-refractivity contribution in [3.8, 4) is 5.75 Å². The SMILES string of the molecule is C=CCc1cc(C(N)CC)ccc1OCC. The van der Waals surface area contributed by atoms with Gasteiger partial charge in [-0.15, -0.1) is 6.58 Å². The molecule has 0 aromatic heterocycles. The van der Waals surface area contributed by atoms with Crippen LogP contribution >= 0.6 is 0 Å². The van der Waals surface area contributed by atoms with Crippen molar-refractivity contribution in [2.24, 2.45) is 5.73 Å². The van der Waals surface area contributed by atoms with E-state index in [1.165, 1.54) is 11.1 Å². The fourth-order valence-electron chi connectivity index (χ4n) is 1.68. The van der Waals surface area contributed by atoms with Crippen molar-refractivity contribution >= 4 is 0 Å². The molecule has 0 aliphatic rings. The van der Waals surface area contributed by atoms with Crippen LogP contribution in [0.2, 0.25) is 0 Å². The molecule has 0 spiro atoms. The normalized spacial score (nSPS) is 12.2. The summed E-state index contributed by atoms with van der Waals surface area (Å²) in [7, 11) is 0. The number of nitrogens with two attached hydrogens (primary N) is 1. The Kier molecular flexibility index (Phi) is 5.06. The Bertz CT molecular complexity index is 347. The first-order valence-corrected chi connectivity index (χ1v) is 5.85. The number of benzene rings is 1. The van der Waals surface area contributed by atoms with Gasteiger partial charge in [-0.05, 0) is 37.0 Å². The van der Waals surface area contributed by atoms with E-state index in [4.69, 9.17) is 10.5 Å². The number of hydrogen-bond donors (Lipinski definition) is 1. The van der Waals surface area contributed by atoms with Crippen molar-refractivity contribution in [2.75, 3.05) is 6.61 Å². The van der Waals surface area contributed by atoms with Crippen LogP contribution in [0.5, 0.6) is 5.75 Å². The zero-order valence-corrected chi connectivity index (χ0v) is 10.2. The van der Waals surface area contributed by atoms with E-state index in [0.717, 1.165) is 18.6 Å². The highest BCUT2D eigenvalue weighted by atomic mass is 16.5. The van der Waals surface area contributed by atoms with Crippen molar-refractivity contribution in [3.63, 3.8) is 0 Å². The fraction of sp³-hybridized carbons (Fsp3) is 0.429. The first-order chi connectivity index (χ1) is 7.72. The van der Waals surface area contributed by atoms with Gasteiger partial charge in [-0.25, -0.2) is 0 Å². The molecular weight excluding hydrogens is 198 g/mol. The molecule has 0 radical (unpaired) electrons. The predicted octanol–water partition coefficient (Wildman–Crippen LogP) is 3.22. The Hall–Kier alpha value is -1.28. The second kappa shape index (κ2) is 6.33. The summed E-state index contributed by atoms with van der Waals surface area (Å²) in [5, 5.41) is 0. The highest BCUT2D eigenvalue weighted by molar-refractivity contribution is 5.39. The molecule has 0 aliphatic carbocycles. The first kappa shape index (κ1) is 12.8. The molecular formula is C14H21NO. The van der Waals surface area contributed by atoms with Crippen molar-refractivity contribution in [1.82, 2.24) is 0 Å². The summed E-state index contributed by atoms with van der Waals surface area (Å²) in [5.41, 5.74) is 8.35. The van der Waals surface area contributed by atoms with Gasteiger partial charge in [-0.1, -0.05) is 25.1 Å². The Balaban J connectivity index is 3.01. The molecule has 0 saturated heterocycles. The van der Waals surface area contributed by atoms with Crippen LogP contribution in [-0.4, -0.2) is 6.61 Å². The van der Waals surface area contributed by atoms with E-state index in [-0.39, 0.29) is 6.04 Å². The molecule has 1 unspecified atom stereocenters. The van der Waals surface area contributed by atoms with Gasteiger partial charge in [-0.2, -0.15) is 0 Å². The summed E-state index contributed by atoms with van der Waals surface area (Å²) >= 11 is 0. The van der Waals surface area contributed by atoms with Crippen LogP contribution in [0, 0.1) is 0 Å². The van der Waals surface area contributed by atoms with Crippen LogP contribution < -0.4 is 10.5 Å². The molecule has 0 heterocycles. The summed E-state index contributed by atoms with van der Waals surface area (Å²) in [6.07, 6.45) is 3.65. The molecule has 0 aliphatic heterocycles. The highest BCUT2D eigenvalue weighted by Crippen LogP contribution is 2.24. The lowest BCUT2D eigenvalue weighted by molar-refractivity contribution is 0.337. The van der Waals surface area contributed by atoms with Gasteiger partial charge in [0, 0.05) is 6.04 Å². The molecule has 0 saturated carbocycles. The summed E-state index contributed by atoms with van der Waals surface area (Å²) < 4.78 is 5.57. The third-order valence-corrected chi connectivity index (χ3v) is 2.62. The molecule has 2 nitrogen and oxygen atoms in total. The van der Waals surface area contributed by atoms with E-state index < -0.39 is 0 Å². The Morgan fingerprint density at radius 3 is 2.75 bits per heavy atom. The molecule has 0 fully saturated rings. The molecule has 2 N–H and O–H groups in total. The fourth-order valence-corrected chi connectivity index (χ4v) is 1.68. The van der Waals surface area contributed by atoms with Crippen LogP contribution in [0.25, 0.3) is 0 Å². The first-order valence-electron chi connectivity index (χ1n) is 5.85. The number of ether oxygens (including phenoxy) is 1. The zero-order valence-electron chi connectivity index (χ0n) is 10.2. The zero-order chi connectivity index (χ0) is 12.0. The van der Waals surface area contributed by atoms with Crippen LogP contribution in [0.3, 0.4) is 0 Å². The van der Waals surface area contributed by atoms with Gasteiger partial charge < -0.3 is 10.5 Å². The van der Waals surface area contributed by atoms with Gasteiger partial charge in [0.1, 0.15) is 5.75 Å². The lowest BCUT2D eigenvalue weighted by atomic mass is 10.0. The molecule has 0 bridgehead atoms. The molecule has 1 rings (SSSR count). The van der Waals surface area contributed by atoms with Gasteiger partial charge in [0.05, 0.1) is 6.61 Å². The largest absolute Gasteiger partial charge is 0.494 e. The molecule has 2 heteroatoms. The number of allylic oxidation sites excluding steroid dienone is 1. The maximum Gasteiger partial charge on any atom is 0.122 e. The maximum atomic E-state index is 6.02. The van der Waals surface area contributed by atoms with E-state index in [1.807, 2.05) is 25.1 Å². The standard InChI is InChI=1S/C14H21NO/c1-4-7-12-10-11(13(15)5-2)8-9-14(12)16-6-3/h4,8-10,13H,1,5-7,15H2,2-3H3. The average Bonchev–Trinajstić information content (AvgIpc) is 2.31. The second-order valence-electron chi connectivity index (χ2n) is 3.81. The Morgan fingerprint density at radius 2 is 2.19 bits per heavy atom. The third-order valence-electron chi connectivity index (χ3n) is 2.62. The number of rotatable bonds is 6. The summed E-state index contributed by atoms with van der Waals surface area (Å²) in [5.74, 6) is 0.939. The topological polar surface area (TPSA) is 35.2 Å². The van der Waals surface area contributed by atoms with Crippen molar-refractivity contribution < 1.29 is 4.74 Å². The van der Waals surface area contributed by atoms with E-state index >= 15 is 0 Å². The van der Waals surface area contributed by atoms with Crippen molar-refractivity contribution in [3.05, 3.63) is 42.0 Å². The molecule has 0 amide bonds. The molecule has 88 valence electrons. The Morgan fingerprint density at radius 1 is 1.44 bits per heavy atom. The summed E-state index contributed by atoms with van der Waals surface area (Å²) in [4.78, 5) is 0. The van der Waals surface area contributed by atoms with Crippen LogP contribution in [0.4, 0.5) is 0 Å². The summed E-state index contributed by atoms with van der Waals surface area (Å²) in [6.45, 7) is 8.53. The minimum absolute atomic E-state index is 0.110. The quantitative estimate of drug-likeness (QED) is 0.745. The van der Waals surface area contributed by atoms with Crippen molar-refractivity contribution in [1.29, 1.82) is 0 Å². The molecule has 1 aromatic rings. The van der Waals surface area contributed by atoms with E-state index in [1.54, 1.807) is 0 Å². The third kappa shape index (κ3) is 3.11. The minimum Gasteiger partial charge on any atom is -0.494 e.